The van der Waals surface area contributed by atoms with Crippen molar-refractivity contribution in [1.29, 1.82) is 0 Å². The molecule has 2 unspecified atom stereocenters. The van der Waals surface area contributed by atoms with E-state index in [0.29, 0.717) is 12.2 Å². The van der Waals surface area contributed by atoms with E-state index in [2.05, 4.69) is 21.2 Å². The van der Waals surface area contributed by atoms with E-state index in [4.69, 9.17) is 4.74 Å². The number of hydrogen-bond donors (Lipinski definition) is 1. The molecule has 16 heavy (non-hydrogen) atoms. The van der Waals surface area contributed by atoms with Crippen LogP contribution in [-0.2, 0) is 4.74 Å². The molecular formula is C12H17BrFNO. The van der Waals surface area contributed by atoms with Gasteiger partial charge < -0.3 is 10.1 Å². The van der Waals surface area contributed by atoms with Gasteiger partial charge in [0.2, 0.25) is 0 Å². The molecule has 0 fully saturated rings. The quantitative estimate of drug-likeness (QED) is 0.898. The van der Waals surface area contributed by atoms with Gasteiger partial charge >= 0.3 is 0 Å². The van der Waals surface area contributed by atoms with Crippen LogP contribution in [0.15, 0.2) is 22.7 Å². The lowest BCUT2D eigenvalue weighted by atomic mass is 10.0. The van der Waals surface area contributed by atoms with Gasteiger partial charge in [0, 0.05) is 16.6 Å². The lowest BCUT2D eigenvalue weighted by molar-refractivity contribution is 0.0483. The zero-order valence-electron chi connectivity index (χ0n) is 9.76. The second kappa shape index (κ2) is 6.33. The Balaban J connectivity index is 2.98. The van der Waals surface area contributed by atoms with Gasteiger partial charge in [-0.25, -0.2) is 4.39 Å². The van der Waals surface area contributed by atoms with Crippen LogP contribution in [0.3, 0.4) is 0 Å². The molecule has 0 heterocycles. The summed E-state index contributed by atoms with van der Waals surface area (Å²) in [6.45, 7) is 4.49. The van der Waals surface area contributed by atoms with Crippen molar-refractivity contribution >= 4 is 15.9 Å². The van der Waals surface area contributed by atoms with Gasteiger partial charge in [0.15, 0.2) is 0 Å². The van der Waals surface area contributed by atoms with Crippen molar-refractivity contribution in [3.8, 4) is 0 Å². The van der Waals surface area contributed by atoms with Crippen molar-refractivity contribution in [2.24, 2.45) is 0 Å². The van der Waals surface area contributed by atoms with E-state index in [1.807, 2.05) is 13.8 Å². The van der Waals surface area contributed by atoms with Crippen LogP contribution in [-0.4, -0.2) is 19.8 Å². The molecule has 0 radical (unpaired) electrons. The van der Waals surface area contributed by atoms with Gasteiger partial charge in [0.1, 0.15) is 5.82 Å². The number of nitrogens with one attached hydrogen (secondary N) is 1. The van der Waals surface area contributed by atoms with Gasteiger partial charge in [-0.15, -0.1) is 0 Å². The van der Waals surface area contributed by atoms with Gasteiger partial charge in [-0.1, -0.05) is 15.9 Å². The molecule has 1 N–H and O–H groups in total. The number of rotatable bonds is 5. The second-order valence-electron chi connectivity index (χ2n) is 3.59. The van der Waals surface area contributed by atoms with Crippen molar-refractivity contribution in [2.75, 3.05) is 13.7 Å². The van der Waals surface area contributed by atoms with Crippen molar-refractivity contribution in [1.82, 2.24) is 5.32 Å². The minimum absolute atomic E-state index is 0.0706. The lowest BCUT2D eigenvalue weighted by Crippen LogP contribution is -2.30. The molecule has 0 aliphatic carbocycles. The molecule has 0 aliphatic rings. The van der Waals surface area contributed by atoms with Crippen LogP contribution in [0.25, 0.3) is 0 Å². The third-order valence-electron chi connectivity index (χ3n) is 2.50. The first-order valence-electron chi connectivity index (χ1n) is 5.34. The first kappa shape index (κ1) is 13.6. The highest BCUT2D eigenvalue weighted by atomic mass is 79.9. The Hall–Kier alpha value is -0.450. The average Bonchev–Trinajstić information content (AvgIpc) is 2.24. The highest BCUT2D eigenvalue weighted by Crippen LogP contribution is 2.25. The van der Waals surface area contributed by atoms with Crippen LogP contribution >= 0.6 is 15.9 Å². The molecule has 0 bridgehead atoms. The Morgan fingerprint density at radius 2 is 2.19 bits per heavy atom. The molecule has 0 aromatic heterocycles. The molecule has 0 amide bonds. The van der Waals surface area contributed by atoms with Gasteiger partial charge in [-0.05, 0) is 39.1 Å². The maximum atomic E-state index is 13.7. The Labute approximate surface area is 104 Å². The normalized spacial score (nSPS) is 14.8. The van der Waals surface area contributed by atoms with E-state index in [1.165, 1.54) is 6.07 Å². The molecule has 0 saturated carbocycles. The zero-order valence-corrected chi connectivity index (χ0v) is 11.3. The predicted molar refractivity (Wildman–Crippen MR) is 67.0 cm³/mol. The maximum absolute atomic E-state index is 13.7. The monoisotopic (exact) mass is 289 g/mol. The van der Waals surface area contributed by atoms with Gasteiger partial charge in [0.25, 0.3) is 0 Å². The lowest BCUT2D eigenvalue weighted by Gasteiger charge is -2.24. The van der Waals surface area contributed by atoms with Crippen molar-refractivity contribution < 1.29 is 9.13 Å². The highest BCUT2D eigenvalue weighted by molar-refractivity contribution is 9.10. The summed E-state index contributed by atoms with van der Waals surface area (Å²) in [6.07, 6.45) is -0.0706. The Bertz CT molecular complexity index is 346. The first-order valence-corrected chi connectivity index (χ1v) is 6.13. The van der Waals surface area contributed by atoms with Crippen LogP contribution in [0.2, 0.25) is 0 Å². The topological polar surface area (TPSA) is 21.3 Å². The third-order valence-corrected chi connectivity index (χ3v) is 3.00. The van der Waals surface area contributed by atoms with Crippen molar-refractivity contribution in [3.63, 3.8) is 0 Å². The van der Waals surface area contributed by atoms with E-state index in [1.54, 1.807) is 19.2 Å². The molecule has 0 aliphatic heterocycles. The van der Waals surface area contributed by atoms with Crippen LogP contribution < -0.4 is 5.32 Å². The summed E-state index contributed by atoms with van der Waals surface area (Å²) in [5, 5.41) is 3.09. The minimum Gasteiger partial charge on any atom is -0.377 e. The van der Waals surface area contributed by atoms with Crippen LogP contribution in [0, 0.1) is 5.82 Å². The molecule has 90 valence electrons. The number of halogens is 2. The SMILES string of the molecule is CCOC(C)C(NC)c1cc(Br)ccc1F. The van der Waals surface area contributed by atoms with Crippen molar-refractivity contribution in [3.05, 3.63) is 34.1 Å². The molecule has 1 aromatic carbocycles. The van der Waals surface area contributed by atoms with E-state index in [0.717, 1.165) is 4.47 Å². The number of likely N-dealkylation sites (N-methyl/N-ethyl adjacent to an activating group) is 1. The number of benzene rings is 1. The minimum atomic E-state index is -0.214. The molecule has 0 spiro atoms. The summed E-state index contributed by atoms with van der Waals surface area (Å²) in [5.74, 6) is -0.214. The highest BCUT2D eigenvalue weighted by Gasteiger charge is 2.21. The summed E-state index contributed by atoms with van der Waals surface area (Å²) in [7, 11) is 1.81. The smallest absolute Gasteiger partial charge is 0.128 e. The fourth-order valence-electron chi connectivity index (χ4n) is 1.76. The molecular weight excluding hydrogens is 273 g/mol. The fourth-order valence-corrected chi connectivity index (χ4v) is 2.13. The predicted octanol–water partition coefficient (Wildman–Crippen LogP) is 3.27. The summed E-state index contributed by atoms with van der Waals surface area (Å²) < 4.78 is 20.1. The van der Waals surface area contributed by atoms with Crippen LogP contribution in [0.5, 0.6) is 0 Å². The fraction of sp³-hybridized carbons (Fsp3) is 0.500. The van der Waals surface area contributed by atoms with Gasteiger partial charge in [0.05, 0.1) is 12.1 Å². The summed E-state index contributed by atoms with van der Waals surface area (Å²) in [6, 6.07) is 4.79. The Kier molecular flexibility index (Phi) is 5.38. The largest absolute Gasteiger partial charge is 0.377 e. The van der Waals surface area contributed by atoms with E-state index >= 15 is 0 Å². The Morgan fingerprint density at radius 3 is 2.75 bits per heavy atom. The summed E-state index contributed by atoms with van der Waals surface area (Å²) in [5.41, 5.74) is 0.623. The van der Waals surface area contributed by atoms with Gasteiger partial charge in [-0.2, -0.15) is 0 Å². The second-order valence-corrected chi connectivity index (χ2v) is 4.51. The maximum Gasteiger partial charge on any atom is 0.128 e. The molecule has 1 rings (SSSR count). The van der Waals surface area contributed by atoms with Crippen LogP contribution in [0.1, 0.15) is 25.5 Å². The van der Waals surface area contributed by atoms with E-state index in [-0.39, 0.29) is 18.0 Å². The average molecular weight is 290 g/mol. The number of ether oxygens (including phenoxy) is 1. The Morgan fingerprint density at radius 1 is 1.50 bits per heavy atom. The molecule has 2 nitrogen and oxygen atoms in total. The van der Waals surface area contributed by atoms with Crippen LogP contribution in [0.4, 0.5) is 4.39 Å². The van der Waals surface area contributed by atoms with Gasteiger partial charge in [-0.3, -0.25) is 0 Å². The standard InChI is InChI=1S/C12H17BrFNO/c1-4-16-8(2)12(15-3)10-7-9(13)5-6-11(10)14/h5-8,12,15H,4H2,1-3H3. The van der Waals surface area contributed by atoms with E-state index in [9.17, 15) is 4.39 Å². The zero-order chi connectivity index (χ0) is 12.1. The number of hydrogen-bond acceptors (Lipinski definition) is 2. The molecule has 0 saturated heterocycles. The third kappa shape index (κ3) is 3.27. The van der Waals surface area contributed by atoms with Crippen molar-refractivity contribution in [2.45, 2.75) is 26.0 Å². The molecule has 1 aromatic rings. The molecule has 4 heteroatoms. The van der Waals surface area contributed by atoms with E-state index < -0.39 is 0 Å². The molecule has 2 atom stereocenters. The summed E-state index contributed by atoms with van der Waals surface area (Å²) >= 11 is 3.35. The summed E-state index contributed by atoms with van der Waals surface area (Å²) in [4.78, 5) is 0. The first-order chi connectivity index (χ1) is 7.60.